The maximum absolute atomic E-state index is 12.7. The van der Waals surface area contributed by atoms with E-state index in [-0.39, 0.29) is 11.8 Å². The molecule has 4 rings (SSSR count). The molecule has 9 heteroatoms. The van der Waals surface area contributed by atoms with Crippen molar-refractivity contribution in [3.63, 3.8) is 0 Å². The maximum Gasteiger partial charge on any atom is 0.389 e. The van der Waals surface area contributed by atoms with E-state index in [1.54, 1.807) is 18.2 Å². The summed E-state index contributed by atoms with van der Waals surface area (Å²) >= 11 is 0. The quantitative estimate of drug-likeness (QED) is 0.533. The van der Waals surface area contributed by atoms with E-state index in [0.29, 0.717) is 42.7 Å². The number of carbonyl (C=O) groups is 2. The van der Waals surface area contributed by atoms with E-state index < -0.39 is 24.9 Å². The van der Waals surface area contributed by atoms with E-state index >= 15 is 0 Å². The topological polar surface area (TPSA) is 78.1 Å². The molecule has 2 amide bonds. The van der Waals surface area contributed by atoms with Gasteiger partial charge in [-0.05, 0) is 60.7 Å². The monoisotopic (exact) mass is 482 g/mol. The number of nitrogens with zero attached hydrogens (tertiary/aromatic N) is 3. The molecule has 1 aliphatic heterocycles. The van der Waals surface area contributed by atoms with Gasteiger partial charge in [-0.25, -0.2) is 0 Å². The molecular weight excluding hydrogens is 457 g/mol. The zero-order valence-electron chi connectivity index (χ0n) is 19.2. The summed E-state index contributed by atoms with van der Waals surface area (Å²) in [6, 6.07) is 14.2. The number of nitriles is 1. The number of aryl methyl sites for hydroxylation is 1. The van der Waals surface area contributed by atoms with Crippen LogP contribution in [0.25, 0.3) is 10.9 Å². The molecular formula is C26H25F3N4O2. The Morgan fingerprint density at radius 3 is 2.57 bits per heavy atom. The van der Waals surface area contributed by atoms with Gasteiger partial charge < -0.3 is 14.8 Å². The van der Waals surface area contributed by atoms with Crippen LogP contribution in [0.3, 0.4) is 0 Å². The Kier molecular flexibility index (Phi) is 6.83. The molecule has 0 atom stereocenters. The summed E-state index contributed by atoms with van der Waals surface area (Å²) in [5.74, 6) is -0.614. The highest BCUT2D eigenvalue weighted by Gasteiger charge is 2.31. The second-order valence-electron chi connectivity index (χ2n) is 8.84. The summed E-state index contributed by atoms with van der Waals surface area (Å²) in [4.78, 5) is 26.4. The zero-order valence-corrected chi connectivity index (χ0v) is 19.2. The second-order valence-corrected chi connectivity index (χ2v) is 8.84. The van der Waals surface area contributed by atoms with Gasteiger partial charge in [0, 0.05) is 54.9 Å². The third kappa shape index (κ3) is 5.65. The fourth-order valence-electron chi connectivity index (χ4n) is 4.61. The van der Waals surface area contributed by atoms with Gasteiger partial charge in [0.25, 0.3) is 5.91 Å². The highest BCUT2D eigenvalue weighted by molar-refractivity contribution is 6.05. The lowest BCUT2D eigenvalue weighted by Gasteiger charge is -2.32. The highest BCUT2D eigenvalue weighted by Crippen LogP contribution is 2.36. The SMILES string of the molecule is Cn1cc(C2CCN(C(=O)CCC(F)(F)F)CC2)c2cc(NC(=O)c3cccc(C#N)c3)ccc21. The number of piperidine rings is 1. The third-order valence-electron chi connectivity index (χ3n) is 6.44. The number of aromatic nitrogens is 1. The van der Waals surface area contributed by atoms with Crippen molar-refractivity contribution in [2.75, 3.05) is 18.4 Å². The van der Waals surface area contributed by atoms with Crippen molar-refractivity contribution in [2.45, 2.75) is 37.8 Å². The molecule has 3 aromatic rings. The van der Waals surface area contributed by atoms with Crippen molar-refractivity contribution in [3.05, 3.63) is 65.4 Å². The lowest BCUT2D eigenvalue weighted by Crippen LogP contribution is -2.38. The molecule has 0 saturated carbocycles. The van der Waals surface area contributed by atoms with Crippen molar-refractivity contribution in [2.24, 2.45) is 7.05 Å². The number of likely N-dealkylation sites (tertiary alicyclic amines) is 1. The van der Waals surface area contributed by atoms with E-state index in [4.69, 9.17) is 5.26 Å². The Morgan fingerprint density at radius 1 is 1.14 bits per heavy atom. The van der Waals surface area contributed by atoms with Gasteiger partial charge in [-0.3, -0.25) is 9.59 Å². The molecule has 1 N–H and O–H groups in total. The molecule has 1 aromatic heterocycles. The summed E-state index contributed by atoms with van der Waals surface area (Å²) in [5.41, 5.74) is 3.50. The van der Waals surface area contributed by atoms with Crippen LogP contribution < -0.4 is 5.32 Å². The molecule has 182 valence electrons. The molecule has 0 unspecified atom stereocenters. The smallest absolute Gasteiger partial charge is 0.350 e. The molecule has 2 aromatic carbocycles. The van der Waals surface area contributed by atoms with E-state index in [9.17, 15) is 22.8 Å². The fraction of sp³-hybridized carbons (Fsp3) is 0.346. The van der Waals surface area contributed by atoms with Crippen molar-refractivity contribution < 1.29 is 22.8 Å². The van der Waals surface area contributed by atoms with Crippen molar-refractivity contribution in [1.29, 1.82) is 5.26 Å². The average Bonchev–Trinajstić information content (AvgIpc) is 3.17. The number of fused-ring (bicyclic) bond motifs is 1. The average molecular weight is 483 g/mol. The van der Waals surface area contributed by atoms with Crippen molar-refractivity contribution >= 4 is 28.4 Å². The first kappa shape index (κ1) is 24.3. The summed E-state index contributed by atoms with van der Waals surface area (Å²) in [7, 11) is 1.94. The summed E-state index contributed by atoms with van der Waals surface area (Å²) in [5, 5.41) is 12.9. The Balaban J connectivity index is 1.47. The van der Waals surface area contributed by atoms with Gasteiger partial charge in [-0.2, -0.15) is 18.4 Å². The second kappa shape index (κ2) is 9.82. The number of halogens is 3. The Bertz CT molecular complexity index is 1300. The van der Waals surface area contributed by atoms with E-state index in [1.807, 2.05) is 42.1 Å². The van der Waals surface area contributed by atoms with Crippen molar-refractivity contribution in [1.82, 2.24) is 9.47 Å². The van der Waals surface area contributed by atoms with Crippen LogP contribution in [0.5, 0.6) is 0 Å². The lowest BCUT2D eigenvalue weighted by molar-refractivity contribution is -0.149. The molecule has 0 spiro atoms. The van der Waals surface area contributed by atoms with Crippen LogP contribution in [0, 0.1) is 11.3 Å². The number of carbonyl (C=O) groups excluding carboxylic acids is 2. The highest BCUT2D eigenvalue weighted by atomic mass is 19.4. The number of hydrogen-bond donors (Lipinski definition) is 1. The molecule has 0 radical (unpaired) electrons. The fourth-order valence-corrected chi connectivity index (χ4v) is 4.61. The normalized spacial score (nSPS) is 14.7. The van der Waals surface area contributed by atoms with Crippen LogP contribution in [0.2, 0.25) is 0 Å². The van der Waals surface area contributed by atoms with Crippen LogP contribution >= 0.6 is 0 Å². The summed E-state index contributed by atoms with van der Waals surface area (Å²) in [6.45, 7) is 0.840. The van der Waals surface area contributed by atoms with E-state index in [2.05, 4.69) is 5.32 Å². The summed E-state index contributed by atoms with van der Waals surface area (Å²) < 4.78 is 39.3. The maximum atomic E-state index is 12.7. The molecule has 0 aliphatic carbocycles. The Labute approximate surface area is 200 Å². The number of amides is 2. The number of alkyl halides is 3. The third-order valence-corrected chi connectivity index (χ3v) is 6.44. The number of hydrogen-bond acceptors (Lipinski definition) is 3. The van der Waals surface area contributed by atoms with Crippen LogP contribution in [0.15, 0.2) is 48.7 Å². The van der Waals surface area contributed by atoms with Gasteiger partial charge in [0.2, 0.25) is 5.91 Å². The summed E-state index contributed by atoms with van der Waals surface area (Å²) in [6.07, 6.45) is -2.57. The van der Waals surface area contributed by atoms with Crippen LogP contribution in [0.4, 0.5) is 18.9 Å². The zero-order chi connectivity index (χ0) is 25.2. The van der Waals surface area contributed by atoms with Crippen LogP contribution in [-0.4, -0.2) is 40.5 Å². The minimum Gasteiger partial charge on any atom is -0.350 e. The van der Waals surface area contributed by atoms with Crippen molar-refractivity contribution in [3.8, 4) is 6.07 Å². The minimum atomic E-state index is -4.33. The van der Waals surface area contributed by atoms with Gasteiger partial charge in [-0.1, -0.05) is 6.07 Å². The van der Waals surface area contributed by atoms with Crippen LogP contribution in [-0.2, 0) is 11.8 Å². The number of nitrogens with one attached hydrogen (secondary N) is 1. The molecule has 2 heterocycles. The van der Waals surface area contributed by atoms with Gasteiger partial charge in [0.1, 0.15) is 0 Å². The first-order valence-electron chi connectivity index (χ1n) is 11.4. The predicted octanol–water partition coefficient (Wildman–Crippen LogP) is 5.35. The van der Waals surface area contributed by atoms with E-state index in [1.165, 1.54) is 11.0 Å². The minimum absolute atomic E-state index is 0.156. The standard InChI is InChI=1S/C26H25F3N4O2/c1-32-16-22(18-8-11-33(12-9-18)24(34)7-10-26(27,28)29)21-14-20(5-6-23(21)32)31-25(35)19-4-2-3-17(13-19)15-30/h2-6,13-14,16,18H,7-12H2,1H3,(H,31,35). The molecule has 6 nitrogen and oxygen atoms in total. The largest absolute Gasteiger partial charge is 0.389 e. The van der Waals surface area contributed by atoms with Gasteiger partial charge >= 0.3 is 6.18 Å². The molecule has 1 aliphatic rings. The van der Waals surface area contributed by atoms with Crippen LogP contribution in [0.1, 0.15) is 53.1 Å². The Morgan fingerprint density at radius 2 is 1.89 bits per heavy atom. The lowest BCUT2D eigenvalue weighted by atomic mass is 9.89. The van der Waals surface area contributed by atoms with Gasteiger partial charge in [0.15, 0.2) is 0 Å². The molecule has 1 fully saturated rings. The van der Waals surface area contributed by atoms with Gasteiger partial charge in [-0.15, -0.1) is 0 Å². The number of benzene rings is 2. The first-order valence-corrected chi connectivity index (χ1v) is 11.4. The molecule has 35 heavy (non-hydrogen) atoms. The predicted molar refractivity (Wildman–Crippen MR) is 126 cm³/mol. The van der Waals surface area contributed by atoms with Gasteiger partial charge in [0.05, 0.1) is 18.1 Å². The number of anilines is 1. The molecule has 0 bridgehead atoms. The van der Waals surface area contributed by atoms with E-state index in [0.717, 1.165) is 16.5 Å². The molecule has 1 saturated heterocycles. The Hall–Kier alpha value is -3.80. The number of rotatable bonds is 5. The first-order chi connectivity index (χ1) is 16.6.